The minimum absolute atomic E-state index is 0.0270. The van der Waals surface area contributed by atoms with Crippen LogP contribution in [0.3, 0.4) is 0 Å². The summed E-state index contributed by atoms with van der Waals surface area (Å²) in [5.74, 6) is 0.174. The van der Waals surface area contributed by atoms with Crippen LogP contribution < -0.4 is 16.0 Å². The fourth-order valence-corrected chi connectivity index (χ4v) is 4.04. The van der Waals surface area contributed by atoms with E-state index < -0.39 is 0 Å². The van der Waals surface area contributed by atoms with Gasteiger partial charge in [0.2, 0.25) is 5.91 Å². The molecule has 28 heavy (non-hydrogen) atoms. The molecule has 0 unspecified atom stereocenters. The van der Waals surface area contributed by atoms with Crippen molar-refractivity contribution in [3.63, 3.8) is 0 Å². The van der Waals surface area contributed by atoms with Gasteiger partial charge in [-0.2, -0.15) is 0 Å². The summed E-state index contributed by atoms with van der Waals surface area (Å²) in [5, 5.41) is 4.88. The Morgan fingerprint density at radius 3 is 2.89 bits per heavy atom. The smallest absolute Gasteiger partial charge is 0.217 e. The Labute approximate surface area is 163 Å². The number of amides is 1. The van der Waals surface area contributed by atoms with Crippen molar-refractivity contribution < 1.29 is 9.18 Å². The van der Waals surface area contributed by atoms with Crippen LogP contribution in [-0.4, -0.2) is 30.0 Å². The van der Waals surface area contributed by atoms with E-state index in [1.807, 2.05) is 31.2 Å². The number of aromatic nitrogens is 1. The number of benzene rings is 2. The lowest BCUT2D eigenvalue weighted by Crippen LogP contribution is -2.35. The number of hydrogen-bond acceptors (Lipinski definition) is 4. The topological polar surface area (TPSA) is 71.2 Å². The average Bonchev–Trinajstić information content (AvgIpc) is 3.08. The zero-order valence-electron chi connectivity index (χ0n) is 16.0. The molecular weight excluding hydrogens is 355 g/mol. The molecule has 3 aromatic rings. The number of nitrogen functional groups attached to an aromatic ring is 1. The van der Waals surface area contributed by atoms with E-state index in [1.165, 1.54) is 13.0 Å². The minimum atomic E-state index is -0.244. The van der Waals surface area contributed by atoms with Gasteiger partial charge < -0.3 is 16.0 Å². The minimum Gasteiger partial charge on any atom is -0.384 e. The zero-order valence-corrected chi connectivity index (χ0v) is 16.0. The number of hydrogen-bond donors (Lipinski definition) is 2. The number of rotatable bonds is 3. The number of fused-ring (bicyclic) bond motifs is 1. The first kappa shape index (κ1) is 18.2. The van der Waals surface area contributed by atoms with E-state index in [0.717, 1.165) is 40.6 Å². The molecule has 1 atom stereocenters. The molecule has 1 aliphatic heterocycles. The van der Waals surface area contributed by atoms with Gasteiger partial charge in [-0.25, -0.2) is 9.37 Å². The lowest BCUT2D eigenvalue weighted by atomic mass is 9.96. The van der Waals surface area contributed by atoms with Crippen LogP contribution in [-0.2, 0) is 4.79 Å². The third-order valence-corrected chi connectivity index (χ3v) is 5.28. The second-order valence-corrected chi connectivity index (χ2v) is 7.39. The first-order chi connectivity index (χ1) is 13.4. The normalized spacial score (nSPS) is 16.5. The molecule has 0 aliphatic carbocycles. The third-order valence-electron chi connectivity index (χ3n) is 5.28. The van der Waals surface area contributed by atoms with Crippen LogP contribution in [0.5, 0.6) is 0 Å². The number of nitrogens with one attached hydrogen (secondary N) is 1. The molecule has 0 spiro atoms. The van der Waals surface area contributed by atoms with Crippen molar-refractivity contribution in [2.24, 2.45) is 0 Å². The van der Waals surface area contributed by atoms with Crippen molar-refractivity contribution in [2.75, 3.05) is 23.7 Å². The number of pyridine rings is 1. The number of nitrogens with zero attached hydrogens (tertiary/aromatic N) is 2. The maximum Gasteiger partial charge on any atom is 0.217 e. The van der Waals surface area contributed by atoms with Crippen molar-refractivity contribution in [3.05, 3.63) is 54.0 Å². The van der Waals surface area contributed by atoms with E-state index >= 15 is 0 Å². The molecule has 3 N–H and O–H groups in total. The van der Waals surface area contributed by atoms with Crippen molar-refractivity contribution >= 4 is 28.2 Å². The second-order valence-electron chi connectivity index (χ2n) is 7.39. The van der Waals surface area contributed by atoms with Gasteiger partial charge in [0.1, 0.15) is 11.6 Å². The largest absolute Gasteiger partial charge is 0.384 e. The molecule has 1 fully saturated rings. The molecule has 1 amide bonds. The Kier molecular flexibility index (Phi) is 4.63. The molecule has 0 radical (unpaired) electrons. The predicted octanol–water partition coefficient (Wildman–Crippen LogP) is 3.65. The van der Waals surface area contributed by atoms with Crippen LogP contribution in [0.15, 0.2) is 42.6 Å². The van der Waals surface area contributed by atoms with E-state index in [4.69, 9.17) is 5.73 Å². The highest BCUT2D eigenvalue weighted by atomic mass is 19.1. The van der Waals surface area contributed by atoms with Crippen LogP contribution in [0, 0.1) is 12.7 Å². The third kappa shape index (κ3) is 3.38. The Hall–Kier alpha value is -3.15. The number of halogens is 1. The van der Waals surface area contributed by atoms with E-state index in [2.05, 4.69) is 15.2 Å². The molecule has 1 aliphatic rings. The quantitative estimate of drug-likeness (QED) is 0.730. The summed E-state index contributed by atoms with van der Waals surface area (Å²) in [4.78, 5) is 17.9. The van der Waals surface area contributed by atoms with Gasteiger partial charge in [0.05, 0.1) is 0 Å². The van der Waals surface area contributed by atoms with Gasteiger partial charge in [-0.3, -0.25) is 4.79 Å². The van der Waals surface area contributed by atoms with E-state index in [9.17, 15) is 9.18 Å². The summed E-state index contributed by atoms with van der Waals surface area (Å²) in [6.07, 6.45) is 2.60. The lowest BCUT2D eigenvalue weighted by Gasteiger charge is -2.23. The molecule has 144 valence electrons. The summed E-state index contributed by atoms with van der Waals surface area (Å²) in [5.41, 5.74) is 9.21. The van der Waals surface area contributed by atoms with Gasteiger partial charge in [-0.05, 0) is 48.7 Å². The fourth-order valence-electron chi connectivity index (χ4n) is 4.04. The molecule has 4 rings (SSSR count). The Morgan fingerprint density at radius 2 is 2.14 bits per heavy atom. The first-order valence-corrected chi connectivity index (χ1v) is 9.39. The number of carbonyl (C=O) groups excluding carboxylic acids is 1. The van der Waals surface area contributed by atoms with Crippen LogP contribution >= 0.6 is 0 Å². The summed E-state index contributed by atoms with van der Waals surface area (Å²) in [6, 6.07) is 11.0. The summed E-state index contributed by atoms with van der Waals surface area (Å²) in [6.45, 7) is 4.96. The Morgan fingerprint density at radius 1 is 1.32 bits per heavy atom. The number of carbonyl (C=O) groups is 1. The maximum atomic E-state index is 14.6. The molecular formula is C22H23FN4O. The van der Waals surface area contributed by atoms with Crippen molar-refractivity contribution in [1.29, 1.82) is 0 Å². The Bertz CT molecular complexity index is 1050. The molecule has 0 bridgehead atoms. The SMILES string of the molecule is CC(=O)N[C@@H]1CCN(c2cc(-c3c(C)cccc3F)cc3cnc(N)cc23)C1. The Balaban J connectivity index is 1.85. The number of aryl methyl sites for hydroxylation is 1. The summed E-state index contributed by atoms with van der Waals surface area (Å²) in [7, 11) is 0. The first-order valence-electron chi connectivity index (χ1n) is 9.39. The van der Waals surface area contributed by atoms with Gasteiger partial charge in [0.15, 0.2) is 0 Å². The molecule has 1 aromatic heterocycles. The van der Waals surface area contributed by atoms with Crippen molar-refractivity contribution in [2.45, 2.75) is 26.3 Å². The fraction of sp³-hybridized carbons (Fsp3) is 0.273. The van der Waals surface area contributed by atoms with Crippen LogP contribution in [0.25, 0.3) is 21.9 Å². The molecule has 2 aromatic carbocycles. The van der Waals surface area contributed by atoms with Gasteiger partial charge in [0.25, 0.3) is 0 Å². The standard InChI is InChI=1S/C22H23FN4O/c1-13-4-3-5-19(23)22(13)15-8-16-11-25-21(24)10-18(16)20(9-15)27-7-6-17(12-27)26-14(2)28/h3-5,8-11,17H,6-7,12H2,1-2H3,(H2,24,25)(H,26,28)/t17-/m1/s1. The molecule has 6 heteroatoms. The van der Waals surface area contributed by atoms with Gasteiger partial charge in [0, 0.05) is 54.3 Å². The monoisotopic (exact) mass is 378 g/mol. The lowest BCUT2D eigenvalue weighted by molar-refractivity contribution is -0.119. The molecule has 5 nitrogen and oxygen atoms in total. The van der Waals surface area contributed by atoms with E-state index in [0.29, 0.717) is 17.9 Å². The number of anilines is 2. The van der Waals surface area contributed by atoms with Crippen molar-refractivity contribution in [1.82, 2.24) is 10.3 Å². The second kappa shape index (κ2) is 7.11. The zero-order chi connectivity index (χ0) is 19.8. The van der Waals surface area contributed by atoms with Crippen molar-refractivity contribution in [3.8, 4) is 11.1 Å². The molecule has 2 heterocycles. The highest BCUT2D eigenvalue weighted by Crippen LogP contribution is 2.37. The predicted molar refractivity (Wildman–Crippen MR) is 111 cm³/mol. The highest BCUT2D eigenvalue weighted by molar-refractivity contribution is 5.99. The van der Waals surface area contributed by atoms with Crippen LogP contribution in [0.4, 0.5) is 15.9 Å². The van der Waals surface area contributed by atoms with Crippen LogP contribution in [0.2, 0.25) is 0 Å². The van der Waals surface area contributed by atoms with Crippen LogP contribution in [0.1, 0.15) is 18.9 Å². The number of nitrogens with two attached hydrogens (primary N) is 1. The molecule has 0 saturated carbocycles. The van der Waals surface area contributed by atoms with E-state index in [1.54, 1.807) is 12.3 Å². The van der Waals surface area contributed by atoms with Gasteiger partial charge in [-0.15, -0.1) is 0 Å². The van der Waals surface area contributed by atoms with Gasteiger partial charge in [-0.1, -0.05) is 12.1 Å². The van der Waals surface area contributed by atoms with E-state index in [-0.39, 0.29) is 17.8 Å². The van der Waals surface area contributed by atoms with Gasteiger partial charge >= 0.3 is 0 Å². The maximum absolute atomic E-state index is 14.6. The summed E-state index contributed by atoms with van der Waals surface area (Å²) < 4.78 is 14.6. The average molecular weight is 378 g/mol. The highest BCUT2D eigenvalue weighted by Gasteiger charge is 2.25. The molecule has 1 saturated heterocycles. The summed E-state index contributed by atoms with van der Waals surface area (Å²) >= 11 is 0.